The normalized spacial score (nSPS) is 17.1. The Labute approximate surface area is 198 Å². The fraction of sp³-hybridized carbons (Fsp3) is 0.179. The number of Topliss-reactive ketones (excluding diaryl/α,β-unsaturated/α-hetero) is 1. The second kappa shape index (κ2) is 10.2. The molecule has 0 bridgehead atoms. The predicted molar refractivity (Wildman–Crippen MR) is 130 cm³/mol. The summed E-state index contributed by atoms with van der Waals surface area (Å²) >= 11 is 0. The Bertz CT molecular complexity index is 1220. The molecule has 1 saturated heterocycles. The summed E-state index contributed by atoms with van der Waals surface area (Å²) in [5.41, 5.74) is 3.19. The van der Waals surface area contributed by atoms with Gasteiger partial charge in [-0.3, -0.25) is 14.6 Å². The minimum atomic E-state index is -0.720. The zero-order valence-corrected chi connectivity index (χ0v) is 19.0. The van der Waals surface area contributed by atoms with Gasteiger partial charge in [0, 0.05) is 24.5 Å². The van der Waals surface area contributed by atoms with Gasteiger partial charge in [-0.25, -0.2) is 0 Å². The van der Waals surface area contributed by atoms with Crippen molar-refractivity contribution in [1.29, 1.82) is 0 Å². The molecular formula is C28H26N2O4. The summed E-state index contributed by atoms with van der Waals surface area (Å²) < 4.78 is 5.50. The van der Waals surface area contributed by atoms with Gasteiger partial charge in [0.25, 0.3) is 11.7 Å². The van der Waals surface area contributed by atoms with Crippen molar-refractivity contribution in [2.24, 2.45) is 0 Å². The molecular weight excluding hydrogens is 428 g/mol. The Kier molecular flexibility index (Phi) is 6.87. The van der Waals surface area contributed by atoms with Crippen LogP contribution in [0.25, 0.3) is 5.76 Å². The van der Waals surface area contributed by atoms with Crippen LogP contribution in [-0.4, -0.2) is 33.3 Å². The molecule has 0 aliphatic carbocycles. The molecule has 1 aliphatic rings. The van der Waals surface area contributed by atoms with E-state index in [1.807, 2.05) is 30.3 Å². The van der Waals surface area contributed by atoms with E-state index >= 15 is 0 Å². The number of carbonyl (C=O) groups is 2. The number of amides is 1. The van der Waals surface area contributed by atoms with Crippen LogP contribution in [0.3, 0.4) is 0 Å². The van der Waals surface area contributed by atoms with E-state index in [0.29, 0.717) is 17.9 Å². The first-order chi connectivity index (χ1) is 16.5. The molecule has 1 aromatic heterocycles. The number of pyridine rings is 1. The van der Waals surface area contributed by atoms with Crippen molar-refractivity contribution in [2.75, 3.05) is 6.61 Å². The van der Waals surface area contributed by atoms with E-state index in [0.717, 1.165) is 23.1 Å². The van der Waals surface area contributed by atoms with Crippen molar-refractivity contribution in [3.8, 4) is 5.75 Å². The molecule has 6 heteroatoms. The summed E-state index contributed by atoms with van der Waals surface area (Å²) in [7, 11) is 0. The van der Waals surface area contributed by atoms with Crippen molar-refractivity contribution in [1.82, 2.24) is 9.88 Å². The molecule has 172 valence electrons. The van der Waals surface area contributed by atoms with Gasteiger partial charge in [-0.1, -0.05) is 49.9 Å². The third kappa shape index (κ3) is 4.62. The molecule has 1 unspecified atom stereocenters. The lowest BCUT2D eigenvalue weighted by molar-refractivity contribution is -0.140. The van der Waals surface area contributed by atoms with Gasteiger partial charge in [0.1, 0.15) is 18.1 Å². The average molecular weight is 455 g/mol. The van der Waals surface area contributed by atoms with E-state index in [2.05, 4.69) is 18.5 Å². The van der Waals surface area contributed by atoms with E-state index < -0.39 is 17.7 Å². The van der Waals surface area contributed by atoms with Gasteiger partial charge >= 0.3 is 0 Å². The largest absolute Gasteiger partial charge is 0.507 e. The standard InChI is InChI=1S/C28H26N2O4/c1-3-16-34-23-13-11-22(12-14-23)26(31)24-25(21-9-7-19(4-2)8-10-21)30(28(33)27(24)32)18-20-6-5-15-29-17-20/h3,5-15,17,25,31H,1,4,16,18H2,2H3/b26-24+. The summed E-state index contributed by atoms with van der Waals surface area (Å²) in [6.45, 7) is 6.24. The van der Waals surface area contributed by atoms with Gasteiger partial charge in [-0.05, 0) is 53.4 Å². The maximum atomic E-state index is 13.2. The molecule has 1 atom stereocenters. The van der Waals surface area contributed by atoms with Crippen LogP contribution >= 0.6 is 0 Å². The Morgan fingerprint density at radius 3 is 2.44 bits per heavy atom. The highest BCUT2D eigenvalue weighted by molar-refractivity contribution is 6.46. The lowest BCUT2D eigenvalue weighted by Crippen LogP contribution is -2.29. The molecule has 1 N–H and O–H groups in total. The van der Waals surface area contributed by atoms with Crippen LogP contribution in [0.2, 0.25) is 0 Å². The first-order valence-corrected chi connectivity index (χ1v) is 11.1. The Balaban J connectivity index is 1.78. The summed E-state index contributed by atoms with van der Waals surface area (Å²) in [6.07, 6.45) is 5.83. The average Bonchev–Trinajstić information content (AvgIpc) is 3.13. The molecule has 0 radical (unpaired) electrons. The Morgan fingerprint density at radius 2 is 1.82 bits per heavy atom. The minimum absolute atomic E-state index is 0.0675. The zero-order chi connectivity index (χ0) is 24.1. The number of benzene rings is 2. The van der Waals surface area contributed by atoms with Crippen molar-refractivity contribution in [3.05, 3.63) is 114 Å². The van der Waals surface area contributed by atoms with Crippen molar-refractivity contribution < 1.29 is 19.4 Å². The smallest absolute Gasteiger partial charge is 0.295 e. The number of nitrogens with zero attached hydrogens (tertiary/aromatic N) is 2. The number of aliphatic hydroxyl groups excluding tert-OH is 1. The van der Waals surface area contributed by atoms with E-state index in [1.54, 1.807) is 48.8 Å². The summed E-state index contributed by atoms with van der Waals surface area (Å²) in [6, 6.07) is 17.4. The second-order valence-corrected chi connectivity index (χ2v) is 8.01. The van der Waals surface area contributed by atoms with E-state index in [9.17, 15) is 14.7 Å². The molecule has 2 heterocycles. The predicted octanol–water partition coefficient (Wildman–Crippen LogP) is 4.83. The molecule has 0 spiro atoms. The number of aliphatic hydroxyl groups is 1. The van der Waals surface area contributed by atoms with Gasteiger partial charge in [0.2, 0.25) is 0 Å². The van der Waals surface area contributed by atoms with Gasteiger partial charge in [0.05, 0.1) is 11.6 Å². The van der Waals surface area contributed by atoms with Crippen LogP contribution in [0, 0.1) is 0 Å². The Hall–Kier alpha value is -4.19. The minimum Gasteiger partial charge on any atom is -0.507 e. The Morgan fingerprint density at radius 1 is 1.09 bits per heavy atom. The zero-order valence-electron chi connectivity index (χ0n) is 19.0. The van der Waals surface area contributed by atoms with Crippen molar-refractivity contribution >= 4 is 17.4 Å². The lowest BCUT2D eigenvalue weighted by Gasteiger charge is -2.25. The number of likely N-dealkylation sites (tertiary alicyclic amines) is 1. The van der Waals surface area contributed by atoms with Crippen molar-refractivity contribution in [3.63, 3.8) is 0 Å². The van der Waals surface area contributed by atoms with Crippen LogP contribution in [0.4, 0.5) is 0 Å². The number of aryl methyl sites for hydroxylation is 1. The number of hydrogen-bond donors (Lipinski definition) is 1. The summed E-state index contributed by atoms with van der Waals surface area (Å²) in [4.78, 5) is 31.9. The monoisotopic (exact) mass is 454 g/mol. The van der Waals surface area contributed by atoms with Crippen LogP contribution in [0.15, 0.2) is 91.3 Å². The number of ketones is 1. The quantitative estimate of drug-likeness (QED) is 0.228. The summed E-state index contributed by atoms with van der Waals surface area (Å²) in [5.74, 6) is -0.967. The lowest BCUT2D eigenvalue weighted by atomic mass is 9.94. The van der Waals surface area contributed by atoms with Gasteiger partial charge in [-0.2, -0.15) is 0 Å². The summed E-state index contributed by atoms with van der Waals surface area (Å²) in [5, 5.41) is 11.2. The van der Waals surface area contributed by atoms with Gasteiger partial charge in [-0.15, -0.1) is 0 Å². The number of aromatic nitrogens is 1. The number of hydrogen-bond acceptors (Lipinski definition) is 5. The first kappa shape index (κ1) is 23.0. The fourth-order valence-corrected chi connectivity index (χ4v) is 4.03. The fourth-order valence-electron chi connectivity index (χ4n) is 4.03. The molecule has 6 nitrogen and oxygen atoms in total. The van der Waals surface area contributed by atoms with Gasteiger partial charge in [0.15, 0.2) is 0 Å². The first-order valence-electron chi connectivity index (χ1n) is 11.1. The maximum Gasteiger partial charge on any atom is 0.295 e. The highest BCUT2D eigenvalue weighted by atomic mass is 16.5. The third-order valence-electron chi connectivity index (χ3n) is 5.81. The van der Waals surface area contributed by atoms with E-state index in [1.165, 1.54) is 4.90 Å². The number of rotatable bonds is 8. The van der Waals surface area contributed by atoms with Crippen LogP contribution < -0.4 is 4.74 Å². The van der Waals surface area contributed by atoms with Crippen LogP contribution in [0.5, 0.6) is 5.75 Å². The highest BCUT2D eigenvalue weighted by Crippen LogP contribution is 2.40. The van der Waals surface area contributed by atoms with Crippen LogP contribution in [0.1, 0.15) is 35.2 Å². The molecule has 1 amide bonds. The van der Waals surface area contributed by atoms with E-state index in [-0.39, 0.29) is 17.9 Å². The molecule has 2 aromatic carbocycles. The topological polar surface area (TPSA) is 79.7 Å². The molecule has 0 saturated carbocycles. The highest BCUT2D eigenvalue weighted by Gasteiger charge is 2.46. The number of carbonyl (C=O) groups excluding carboxylic acids is 2. The molecule has 3 aromatic rings. The van der Waals surface area contributed by atoms with Crippen molar-refractivity contribution in [2.45, 2.75) is 25.9 Å². The number of ether oxygens (including phenoxy) is 1. The SMILES string of the molecule is C=CCOc1ccc(/C(O)=C2\C(=O)C(=O)N(Cc3cccnc3)C2c2ccc(CC)cc2)cc1. The molecule has 34 heavy (non-hydrogen) atoms. The maximum absolute atomic E-state index is 13.2. The van der Waals surface area contributed by atoms with E-state index in [4.69, 9.17) is 4.74 Å². The van der Waals surface area contributed by atoms with Crippen LogP contribution in [-0.2, 0) is 22.6 Å². The third-order valence-corrected chi connectivity index (χ3v) is 5.81. The molecule has 4 rings (SSSR count). The van der Waals surface area contributed by atoms with Gasteiger partial charge < -0.3 is 14.7 Å². The second-order valence-electron chi connectivity index (χ2n) is 8.01. The molecule has 1 fully saturated rings. The molecule has 1 aliphatic heterocycles.